The molecule has 0 radical (unpaired) electrons. The van der Waals surface area contributed by atoms with Crippen LogP contribution in [0.1, 0.15) is 22.4 Å². The molecule has 1 N–H and O–H groups in total. The van der Waals surface area contributed by atoms with Gasteiger partial charge in [0.05, 0.1) is 24.3 Å². The molecule has 0 saturated heterocycles. The first-order valence-corrected chi connectivity index (χ1v) is 9.67. The molecule has 3 aromatic rings. The molecule has 0 atom stereocenters. The van der Waals surface area contributed by atoms with Crippen LogP contribution in [0.3, 0.4) is 0 Å². The van der Waals surface area contributed by atoms with Crippen LogP contribution < -0.4 is 0 Å². The molecule has 0 amide bonds. The highest BCUT2D eigenvalue weighted by atomic mass is 32.2. The molecule has 3 rings (SSSR count). The van der Waals surface area contributed by atoms with Crippen LogP contribution in [0.25, 0.3) is 0 Å². The number of carbonyl (C=O) groups is 1. The van der Waals surface area contributed by atoms with Crippen molar-refractivity contribution in [3.8, 4) is 0 Å². The summed E-state index contributed by atoms with van der Waals surface area (Å²) in [6.07, 6.45) is 1.65. The summed E-state index contributed by atoms with van der Waals surface area (Å²) in [6, 6.07) is 17.8. The minimum Gasteiger partial charge on any atom is -0.460 e. The number of benzene rings is 2. The number of ether oxygens (including phenoxy) is 1. The number of esters is 1. The van der Waals surface area contributed by atoms with E-state index in [1.807, 2.05) is 60.0 Å². The van der Waals surface area contributed by atoms with Gasteiger partial charge in [-0.15, -0.1) is 0 Å². The zero-order valence-corrected chi connectivity index (χ0v) is 16.0. The Labute approximate surface area is 163 Å². The molecule has 0 aliphatic carbocycles. The lowest BCUT2D eigenvalue weighted by Gasteiger charge is -2.11. The average molecular weight is 382 g/mol. The van der Waals surface area contributed by atoms with Gasteiger partial charge in [0.2, 0.25) is 0 Å². The van der Waals surface area contributed by atoms with E-state index in [4.69, 9.17) is 4.74 Å². The number of aromatic nitrogens is 2. The maximum absolute atomic E-state index is 12.1. The van der Waals surface area contributed by atoms with Crippen LogP contribution >= 0.6 is 11.8 Å². The summed E-state index contributed by atoms with van der Waals surface area (Å²) in [5.41, 5.74) is 3.98. The van der Waals surface area contributed by atoms with E-state index in [0.29, 0.717) is 11.7 Å². The lowest BCUT2D eigenvalue weighted by Crippen LogP contribution is -2.10. The number of aryl methyl sites for hydroxylation is 1. The van der Waals surface area contributed by atoms with Gasteiger partial charge in [0, 0.05) is 6.54 Å². The van der Waals surface area contributed by atoms with Crippen LogP contribution in [0.5, 0.6) is 0 Å². The monoisotopic (exact) mass is 382 g/mol. The zero-order chi connectivity index (χ0) is 19.1. The molecule has 140 valence electrons. The summed E-state index contributed by atoms with van der Waals surface area (Å²) in [6.45, 7) is 2.80. The second kappa shape index (κ2) is 9.39. The first kappa shape index (κ1) is 19.2. The highest BCUT2D eigenvalue weighted by molar-refractivity contribution is 7.99. The molecule has 0 saturated carbocycles. The maximum atomic E-state index is 12.1. The van der Waals surface area contributed by atoms with Crippen molar-refractivity contribution in [1.82, 2.24) is 9.55 Å². The molecule has 0 aliphatic heterocycles. The molecule has 1 heterocycles. The van der Waals surface area contributed by atoms with Crippen molar-refractivity contribution in [1.29, 1.82) is 0 Å². The molecular formula is C21H22N2O3S. The second-order valence-electron chi connectivity index (χ2n) is 6.20. The molecule has 1 aromatic heterocycles. The quantitative estimate of drug-likeness (QED) is 0.477. The van der Waals surface area contributed by atoms with E-state index in [1.165, 1.54) is 17.3 Å². The third-order valence-corrected chi connectivity index (χ3v) is 5.01. The molecule has 6 heteroatoms. The minimum atomic E-state index is -0.292. The molecule has 0 fully saturated rings. The summed E-state index contributed by atoms with van der Waals surface area (Å²) in [7, 11) is 0. The molecule has 0 bridgehead atoms. The standard InChI is InChI=1S/C21H22N2O3S/c1-16-6-5-9-18(10-16)12-23-19(13-24)11-22-21(23)27-15-20(25)26-14-17-7-3-2-4-8-17/h2-11,24H,12-15H2,1H3. The maximum Gasteiger partial charge on any atom is 0.316 e. The number of aliphatic hydroxyl groups is 1. The smallest absolute Gasteiger partial charge is 0.316 e. The zero-order valence-electron chi connectivity index (χ0n) is 15.2. The van der Waals surface area contributed by atoms with Gasteiger partial charge in [0.15, 0.2) is 5.16 Å². The van der Waals surface area contributed by atoms with Gasteiger partial charge in [0.1, 0.15) is 6.61 Å². The first-order chi connectivity index (χ1) is 13.2. The Hall–Kier alpha value is -2.57. The SMILES string of the molecule is Cc1cccc(Cn2c(CO)cnc2SCC(=O)OCc2ccccc2)c1. The molecule has 5 nitrogen and oxygen atoms in total. The number of imidazole rings is 1. The second-order valence-corrected chi connectivity index (χ2v) is 7.14. The molecule has 0 spiro atoms. The number of nitrogens with zero attached hydrogens (tertiary/aromatic N) is 2. The third-order valence-electron chi connectivity index (χ3n) is 4.05. The van der Waals surface area contributed by atoms with Crippen molar-refractivity contribution in [2.75, 3.05) is 5.75 Å². The summed E-state index contributed by atoms with van der Waals surface area (Å²) >= 11 is 1.32. The number of aliphatic hydroxyl groups excluding tert-OH is 1. The topological polar surface area (TPSA) is 64.3 Å². The number of carbonyl (C=O) groups excluding carboxylic acids is 1. The minimum absolute atomic E-state index is 0.0994. The van der Waals surface area contributed by atoms with Crippen molar-refractivity contribution in [3.63, 3.8) is 0 Å². The van der Waals surface area contributed by atoms with Crippen LogP contribution in [0, 0.1) is 6.92 Å². The predicted octanol–water partition coefficient (Wildman–Crippen LogP) is 3.57. The summed E-state index contributed by atoms with van der Waals surface area (Å²) in [4.78, 5) is 16.4. The van der Waals surface area contributed by atoms with Crippen molar-refractivity contribution >= 4 is 17.7 Å². The number of thioether (sulfide) groups is 1. The van der Waals surface area contributed by atoms with Crippen LogP contribution in [0.2, 0.25) is 0 Å². The fraction of sp³-hybridized carbons (Fsp3) is 0.238. The molecule has 0 unspecified atom stereocenters. The lowest BCUT2D eigenvalue weighted by molar-refractivity contribution is -0.141. The highest BCUT2D eigenvalue weighted by Crippen LogP contribution is 2.21. The van der Waals surface area contributed by atoms with Crippen molar-refractivity contribution in [2.45, 2.75) is 31.8 Å². The number of hydrogen-bond donors (Lipinski definition) is 1. The first-order valence-electron chi connectivity index (χ1n) is 8.69. The Balaban J connectivity index is 1.61. The van der Waals surface area contributed by atoms with E-state index in [1.54, 1.807) is 6.20 Å². The third kappa shape index (κ3) is 5.45. The van der Waals surface area contributed by atoms with Crippen LogP contribution in [-0.4, -0.2) is 26.4 Å². The molecule has 0 aliphatic rings. The Morgan fingerprint density at radius 2 is 1.93 bits per heavy atom. The van der Waals surface area contributed by atoms with Gasteiger partial charge in [-0.2, -0.15) is 0 Å². The Morgan fingerprint density at radius 3 is 2.67 bits per heavy atom. The average Bonchev–Trinajstić information content (AvgIpc) is 3.07. The molecular weight excluding hydrogens is 360 g/mol. The van der Waals surface area contributed by atoms with E-state index >= 15 is 0 Å². The van der Waals surface area contributed by atoms with Gasteiger partial charge in [-0.1, -0.05) is 71.9 Å². The predicted molar refractivity (Wildman–Crippen MR) is 105 cm³/mol. The lowest BCUT2D eigenvalue weighted by atomic mass is 10.1. The van der Waals surface area contributed by atoms with Crippen LogP contribution in [0.15, 0.2) is 66.0 Å². The van der Waals surface area contributed by atoms with Gasteiger partial charge in [-0.3, -0.25) is 4.79 Å². The largest absolute Gasteiger partial charge is 0.460 e. The Morgan fingerprint density at radius 1 is 1.15 bits per heavy atom. The fourth-order valence-electron chi connectivity index (χ4n) is 2.70. The molecule has 27 heavy (non-hydrogen) atoms. The summed E-state index contributed by atoms with van der Waals surface area (Å²) in [5.74, 6) is -0.123. The van der Waals surface area contributed by atoms with E-state index in [9.17, 15) is 9.90 Å². The van der Waals surface area contributed by atoms with Gasteiger partial charge in [0.25, 0.3) is 0 Å². The van der Waals surface area contributed by atoms with Crippen molar-refractivity contribution in [2.24, 2.45) is 0 Å². The van der Waals surface area contributed by atoms with E-state index in [0.717, 1.165) is 16.8 Å². The van der Waals surface area contributed by atoms with Gasteiger partial charge in [-0.05, 0) is 18.1 Å². The van der Waals surface area contributed by atoms with Gasteiger partial charge < -0.3 is 14.4 Å². The van der Waals surface area contributed by atoms with Gasteiger partial charge in [-0.25, -0.2) is 4.98 Å². The highest BCUT2D eigenvalue weighted by Gasteiger charge is 2.13. The van der Waals surface area contributed by atoms with Gasteiger partial charge >= 0.3 is 5.97 Å². The summed E-state index contributed by atoms with van der Waals surface area (Å²) < 4.78 is 7.25. The number of hydrogen-bond acceptors (Lipinski definition) is 5. The van der Waals surface area contributed by atoms with Crippen molar-refractivity contribution < 1.29 is 14.6 Å². The van der Waals surface area contributed by atoms with E-state index in [2.05, 4.69) is 11.1 Å². The Bertz CT molecular complexity index is 893. The Kier molecular flexibility index (Phi) is 6.68. The summed E-state index contributed by atoms with van der Waals surface area (Å²) in [5, 5.41) is 10.3. The fourth-order valence-corrected chi connectivity index (χ4v) is 3.49. The number of rotatable bonds is 8. The van der Waals surface area contributed by atoms with E-state index in [-0.39, 0.29) is 24.9 Å². The normalized spacial score (nSPS) is 10.7. The van der Waals surface area contributed by atoms with Crippen LogP contribution in [0.4, 0.5) is 0 Å². The van der Waals surface area contributed by atoms with E-state index < -0.39 is 0 Å². The van der Waals surface area contributed by atoms with Crippen LogP contribution in [-0.2, 0) is 29.3 Å². The molecule has 2 aromatic carbocycles. The van der Waals surface area contributed by atoms with Crippen molar-refractivity contribution in [3.05, 3.63) is 83.2 Å².